The van der Waals surface area contributed by atoms with Crippen LogP contribution in [0.3, 0.4) is 0 Å². The van der Waals surface area contributed by atoms with Gasteiger partial charge in [0, 0.05) is 59.5 Å². The molecule has 3 atom stereocenters. The third kappa shape index (κ3) is 10.8. The van der Waals surface area contributed by atoms with Crippen LogP contribution in [0.2, 0.25) is 0 Å². The lowest BCUT2D eigenvalue weighted by Gasteiger charge is -2.43. The van der Waals surface area contributed by atoms with E-state index < -0.39 is 18.3 Å². The Hall–Kier alpha value is -3.87. The van der Waals surface area contributed by atoms with Crippen molar-refractivity contribution in [3.8, 4) is 11.5 Å². The van der Waals surface area contributed by atoms with Gasteiger partial charge in [-0.15, -0.1) is 0 Å². The molecule has 3 aromatic rings. The van der Waals surface area contributed by atoms with E-state index in [1.807, 2.05) is 66.7 Å². The van der Waals surface area contributed by atoms with E-state index in [-0.39, 0.29) is 19.1 Å². The van der Waals surface area contributed by atoms with Crippen LogP contribution in [-0.2, 0) is 36.9 Å². The van der Waals surface area contributed by atoms with E-state index in [0.29, 0.717) is 59.2 Å². The number of amides is 1. The van der Waals surface area contributed by atoms with Crippen LogP contribution in [0.25, 0.3) is 0 Å². The first kappa shape index (κ1) is 37.4. The fraction of sp³-hybridized carbons (Fsp3) is 0.513. The van der Waals surface area contributed by atoms with Crippen LogP contribution in [-0.4, -0.2) is 108 Å². The summed E-state index contributed by atoms with van der Waals surface area (Å²) in [5.74, 6) is 1.44. The number of nitrogens with zero attached hydrogens (tertiary/aromatic N) is 2. The average molecular weight is 693 g/mol. The summed E-state index contributed by atoms with van der Waals surface area (Å²) < 4.78 is 41.2. The fourth-order valence-electron chi connectivity index (χ4n) is 6.40. The molecule has 50 heavy (non-hydrogen) atoms. The highest BCUT2D eigenvalue weighted by Crippen LogP contribution is 2.36. The summed E-state index contributed by atoms with van der Waals surface area (Å²) in [6.07, 6.45) is 0.976. The average Bonchev–Trinajstić information content (AvgIpc) is 3.15. The second-order valence-corrected chi connectivity index (χ2v) is 12.6. The predicted molar refractivity (Wildman–Crippen MR) is 190 cm³/mol. The van der Waals surface area contributed by atoms with Crippen LogP contribution in [0.4, 0.5) is 10.5 Å². The smallest absolute Gasteiger partial charge is 0.410 e. The minimum Gasteiger partial charge on any atom is -0.494 e. The van der Waals surface area contributed by atoms with Gasteiger partial charge >= 0.3 is 6.09 Å². The maximum atomic E-state index is 13.5. The molecule has 272 valence electrons. The van der Waals surface area contributed by atoms with E-state index in [2.05, 4.69) is 11.0 Å². The van der Waals surface area contributed by atoms with Crippen molar-refractivity contribution in [2.24, 2.45) is 0 Å². The third-order valence-electron chi connectivity index (χ3n) is 8.95. The highest BCUT2D eigenvalue weighted by Gasteiger charge is 2.41. The molecule has 0 saturated carbocycles. The van der Waals surface area contributed by atoms with Gasteiger partial charge in [-0.05, 0) is 53.8 Å². The zero-order chi connectivity index (χ0) is 35.0. The van der Waals surface area contributed by atoms with Crippen LogP contribution in [0, 0.1) is 0 Å². The van der Waals surface area contributed by atoms with Crippen molar-refractivity contribution < 1.29 is 43.1 Å². The molecular formula is C39H52N2O9. The van der Waals surface area contributed by atoms with Crippen LogP contribution in [0.5, 0.6) is 11.5 Å². The van der Waals surface area contributed by atoms with Crippen LogP contribution in [0.1, 0.15) is 41.9 Å². The summed E-state index contributed by atoms with van der Waals surface area (Å²) in [7, 11) is 3.40. The molecule has 0 unspecified atom stereocenters. The summed E-state index contributed by atoms with van der Waals surface area (Å²) in [6, 6.07) is 23.8. The number of carbonyl (C=O) groups is 1. The third-order valence-corrected chi connectivity index (χ3v) is 8.95. The Balaban J connectivity index is 1.36. The van der Waals surface area contributed by atoms with Crippen molar-refractivity contribution in [1.82, 2.24) is 4.90 Å². The first-order valence-electron chi connectivity index (χ1n) is 17.6. The van der Waals surface area contributed by atoms with E-state index in [9.17, 15) is 9.90 Å². The van der Waals surface area contributed by atoms with Gasteiger partial charge in [0.2, 0.25) is 0 Å². The first-order valence-corrected chi connectivity index (χ1v) is 17.6. The Morgan fingerprint density at radius 2 is 1.58 bits per heavy atom. The van der Waals surface area contributed by atoms with Crippen molar-refractivity contribution in [2.75, 3.05) is 84.9 Å². The number of hydrogen-bond donors (Lipinski definition) is 1. The number of likely N-dealkylation sites (tertiary alicyclic amines) is 1. The standard InChI is InChI=1S/C39H52N2O9/c1-44-20-6-17-40-18-24-48-35-16-11-31(25-34(35)40)29-49-37-27-41(39(43)50-28-30-9-4-3-5-10-30)26-36(47-22-7-19-42)38(37)32-12-14-33(15-13-32)46-23-8-21-45-2/h3-5,9-16,25,36-38,42H,6-8,17-24,26-29H2,1-2H3/t36-,37+,38+/m1/s1. The second kappa shape index (κ2) is 20.1. The van der Waals surface area contributed by atoms with E-state index in [0.717, 1.165) is 59.8 Å². The molecular weight excluding hydrogens is 640 g/mol. The van der Waals surface area contributed by atoms with Gasteiger partial charge in [-0.2, -0.15) is 0 Å². The lowest BCUT2D eigenvalue weighted by Crippen LogP contribution is -2.54. The van der Waals surface area contributed by atoms with Crippen molar-refractivity contribution >= 4 is 11.8 Å². The number of fused-ring (bicyclic) bond motifs is 1. The van der Waals surface area contributed by atoms with Gasteiger partial charge in [0.15, 0.2) is 0 Å². The predicted octanol–water partition coefficient (Wildman–Crippen LogP) is 5.43. The summed E-state index contributed by atoms with van der Waals surface area (Å²) in [6.45, 7) is 5.74. The maximum Gasteiger partial charge on any atom is 0.410 e. The molecule has 2 heterocycles. The molecule has 2 aliphatic heterocycles. The van der Waals surface area contributed by atoms with Gasteiger partial charge in [0.05, 0.1) is 50.7 Å². The van der Waals surface area contributed by atoms with Crippen molar-refractivity contribution in [3.05, 3.63) is 89.5 Å². The number of methoxy groups -OCH3 is 2. The van der Waals surface area contributed by atoms with E-state index in [1.54, 1.807) is 19.1 Å². The molecule has 0 spiro atoms. The number of carbonyl (C=O) groups excluding carboxylic acids is 1. The van der Waals surface area contributed by atoms with Gasteiger partial charge in [-0.1, -0.05) is 48.5 Å². The Morgan fingerprint density at radius 3 is 2.34 bits per heavy atom. The molecule has 3 aromatic carbocycles. The zero-order valence-corrected chi connectivity index (χ0v) is 29.4. The number of benzene rings is 3. The van der Waals surface area contributed by atoms with Gasteiger partial charge < -0.3 is 48.1 Å². The Kier molecular flexibility index (Phi) is 15.0. The normalized spacial score (nSPS) is 18.7. The van der Waals surface area contributed by atoms with E-state index >= 15 is 0 Å². The lowest BCUT2D eigenvalue weighted by molar-refractivity contribution is -0.0928. The fourth-order valence-corrected chi connectivity index (χ4v) is 6.40. The van der Waals surface area contributed by atoms with Gasteiger partial charge in [0.1, 0.15) is 24.7 Å². The number of piperidine rings is 1. The molecule has 5 rings (SSSR count). The van der Waals surface area contributed by atoms with Crippen molar-refractivity contribution in [1.29, 1.82) is 0 Å². The SMILES string of the molecule is COCCCOc1ccc([C@@H]2[C@@H](OCc3ccc4c(c3)N(CCCOC)CCO4)CN(C(=O)OCc3ccccc3)C[C@H]2OCCCO)cc1. The number of aliphatic hydroxyl groups excluding tert-OH is 1. The summed E-state index contributed by atoms with van der Waals surface area (Å²) in [4.78, 5) is 17.5. The minimum atomic E-state index is -0.422. The number of hydrogen-bond acceptors (Lipinski definition) is 10. The minimum absolute atomic E-state index is 0.0137. The largest absolute Gasteiger partial charge is 0.494 e. The second-order valence-electron chi connectivity index (χ2n) is 12.6. The summed E-state index contributed by atoms with van der Waals surface area (Å²) in [5, 5.41) is 9.53. The molecule has 2 aliphatic rings. The summed E-state index contributed by atoms with van der Waals surface area (Å²) >= 11 is 0. The molecule has 0 bridgehead atoms. The number of ether oxygens (including phenoxy) is 7. The topological polar surface area (TPSA) is 108 Å². The zero-order valence-electron chi connectivity index (χ0n) is 29.4. The Morgan fingerprint density at radius 1 is 0.820 bits per heavy atom. The van der Waals surface area contributed by atoms with Gasteiger partial charge in [0.25, 0.3) is 0 Å². The van der Waals surface area contributed by atoms with Crippen molar-refractivity contribution in [3.63, 3.8) is 0 Å². The molecule has 11 nitrogen and oxygen atoms in total. The first-order chi connectivity index (χ1) is 24.6. The monoisotopic (exact) mass is 692 g/mol. The highest BCUT2D eigenvalue weighted by molar-refractivity contribution is 5.68. The van der Waals surface area contributed by atoms with Gasteiger partial charge in [-0.3, -0.25) is 0 Å². The number of aliphatic hydroxyl groups is 1. The van der Waals surface area contributed by atoms with Crippen LogP contribution in [0.15, 0.2) is 72.8 Å². The number of rotatable bonds is 19. The number of anilines is 1. The van der Waals surface area contributed by atoms with Crippen molar-refractivity contribution in [2.45, 2.75) is 50.6 Å². The van der Waals surface area contributed by atoms with E-state index in [1.165, 1.54) is 0 Å². The quantitative estimate of drug-likeness (QED) is 0.164. The highest BCUT2D eigenvalue weighted by atomic mass is 16.6. The summed E-state index contributed by atoms with van der Waals surface area (Å²) in [5.41, 5.74) is 3.99. The molecule has 11 heteroatoms. The molecule has 0 aliphatic carbocycles. The molecule has 1 N–H and O–H groups in total. The molecule has 0 aromatic heterocycles. The van der Waals surface area contributed by atoms with E-state index in [4.69, 9.17) is 33.2 Å². The molecule has 1 fully saturated rings. The maximum absolute atomic E-state index is 13.5. The van der Waals surface area contributed by atoms with Crippen LogP contribution >= 0.6 is 0 Å². The van der Waals surface area contributed by atoms with Gasteiger partial charge in [-0.25, -0.2) is 4.79 Å². The Labute approximate surface area is 295 Å². The molecule has 0 radical (unpaired) electrons. The Bertz CT molecular complexity index is 1420. The molecule has 1 amide bonds. The molecule has 1 saturated heterocycles. The van der Waals surface area contributed by atoms with Crippen LogP contribution < -0.4 is 14.4 Å². The lowest BCUT2D eigenvalue weighted by atomic mass is 9.84.